The molecule has 5 rings (SSSR count). The van der Waals surface area contributed by atoms with Crippen LogP contribution in [0.5, 0.6) is 28.7 Å². The predicted molar refractivity (Wildman–Crippen MR) is 168 cm³/mol. The monoisotopic (exact) mass is 626 g/mol. The van der Waals surface area contributed by atoms with Gasteiger partial charge in [0.15, 0.2) is 11.5 Å². The lowest BCUT2D eigenvalue weighted by Crippen LogP contribution is -2.22. The third-order valence-electron chi connectivity index (χ3n) is 7.30. The lowest BCUT2D eigenvalue weighted by atomic mass is 10.00. The van der Waals surface area contributed by atoms with E-state index in [9.17, 15) is 19.7 Å². The van der Waals surface area contributed by atoms with E-state index in [4.69, 9.17) is 28.1 Å². The summed E-state index contributed by atoms with van der Waals surface area (Å²) >= 11 is 0. The van der Waals surface area contributed by atoms with Crippen molar-refractivity contribution in [3.63, 3.8) is 0 Å². The Labute approximate surface area is 263 Å². The highest BCUT2D eigenvalue weighted by Gasteiger charge is 2.27. The number of benzene rings is 3. The van der Waals surface area contributed by atoms with Crippen molar-refractivity contribution in [3.8, 4) is 28.7 Å². The van der Waals surface area contributed by atoms with Crippen LogP contribution in [-0.4, -0.2) is 38.3 Å². The first-order valence-corrected chi connectivity index (χ1v) is 14.0. The van der Waals surface area contributed by atoms with E-state index in [1.54, 1.807) is 37.6 Å². The fraction of sp³-hybridized carbons (Fsp3) is 0.176. The molecule has 0 saturated carbocycles. The molecule has 1 aliphatic rings. The number of fused-ring (bicyclic) bond motifs is 1. The SMILES string of the molecule is COc1ccc2c(c1)C(CC(=O)NCc1ccco1)=C(C)/C2=C/c1cc(OC)c(OC(=O)Oc2ccc([N+](=O)[O-])cc2)c(OC)c1. The molecule has 4 aromatic rings. The number of nitro benzene ring substituents is 1. The second-order valence-corrected chi connectivity index (χ2v) is 10.1. The quantitative estimate of drug-likeness (QED) is 0.0813. The molecule has 0 fully saturated rings. The molecule has 1 aliphatic carbocycles. The van der Waals surface area contributed by atoms with Crippen LogP contribution in [0.1, 0.15) is 35.8 Å². The van der Waals surface area contributed by atoms with Gasteiger partial charge in [-0.2, -0.15) is 0 Å². The maximum atomic E-state index is 13.0. The minimum Gasteiger partial charge on any atom is -0.497 e. The largest absolute Gasteiger partial charge is 0.519 e. The van der Waals surface area contributed by atoms with Crippen molar-refractivity contribution in [3.05, 3.63) is 111 Å². The van der Waals surface area contributed by atoms with E-state index in [0.29, 0.717) is 17.1 Å². The first kappa shape index (κ1) is 31.4. The van der Waals surface area contributed by atoms with Crippen LogP contribution >= 0.6 is 0 Å². The molecule has 0 aliphatic heterocycles. The normalized spacial score (nSPS) is 12.8. The van der Waals surface area contributed by atoms with Crippen LogP contribution in [0.3, 0.4) is 0 Å². The van der Waals surface area contributed by atoms with Gasteiger partial charge in [0.2, 0.25) is 11.7 Å². The Morgan fingerprint density at radius 1 is 0.891 bits per heavy atom. The Hall–Kier alpha value is -6.04. The van der Waals surface area contributed by atoms with Crippen LogP contribution in [0.15, 0.2) is 83.0 Å². The van der Waals surface area contributed by atoms with Gasteiger partial charge < -0.3 is 33.4 Å². The summed E-state index contributed by atoms with van der Waals surface area (Å²) in [5.74, 6) is 1.58. The van der Waals surface area contributed by atoms with Gasteiger partial charge in [0.05, 0.1) is 45.5 Å². The van der Waals surface area contributed by atoms with Gasteiger partial charge in [-0.05, 0) is 94.9 Å². The number of nitrogens with zero attached hydrogens (tertiary/aromatic N) is 1. The molecule has 0 unspecified atom stereocenters. The van der Waals surface area contributed by atoms with E-state index in [-0.39, 0.29) is 47.6 Å². The summed E-state index contributed by atoms with van der Waals surface area (Å²) in [6, 6.07) is 17.6. The summed E-state index contributed by atoms with van der Waals surface area (Å²) in [4.78, 5) is 35.9. The van der Waals surface area contributed by atoms with Crippen LogP contribution in [0, 0.1) is 10.1 Å². The summed E-state index contributed by atoms with van der Waals surface area (Å²) in [6.07, 6.45) is 2.53. The summed E-state index contributed by atoms with van der Waals surface area (Å²) < 4.78 is 32.5. The Bertz CT molecular complexity index is 1820. The molecular formula is C34H30N2O10. The number of amides is 1. The first-order chi connectivity index (χ1) is 22.2. The van der Waals surface area contributed by atoms with Crippen LogP contribution < -0.4 is 29.0 Å². The molecule has 12 heteroatoms. The number of allylic oxidation sites excluding steroid dienone is 2. The molecule has 1 N–H and O–H groups in total. The lowest BCUT2D eigenvalue weighted by Gasteiger charge is -2.14. The molecule has 0 atom stereocenters. The molecule has 1 heterocycles. The van der Waals surface area contributed by atoms with E-state index in [1.165, 1.54) is 38.5 Å². The molecule has 1 amide bonds. The molecule has 0 saturated heterocycles. The molecular weight excluding hydrogens is 596 g/mol. The number of furan rings is 1. The number of ether oxygens (including phenoxy) is 5. The number of hydrogen-bond donors (Lipinski definition) is 1. The second kappa shape index (κ2) is 13.7. The van der Waals surface area contributed by atoms with Gasteiger partial charge in [-0.25, -0.2) is 4.79 Å². The molecule has 0 spiro atoms. The zero-order valence-electron chi connectivity index (χ0n) is 25.4. The summed E-state index contributed by atoms with van der Waals surface area (Å²) in [5, 5.41) is 13.8. The Kier molecular flexibility index (Phi) is 9.36. The number of methoxy groups -OCH3 is 3. The second-order valence-electron chi connectivity index (χ2n) is 10.1. The molecule has 0 radical (unpaired) electrons. The Morgan fingerprint density at radius 2 is 1.59 bits per heavy atom. The number of rotatable bonds is 11. The summed E-state index contributed by atoms with van der Waals surface area (Å²) in [5.41, 5.74) is 4.95. The minimum atomic E-state index is -1.09. The fourth-order valence-electron chi connectivity index (χ4n) is 5.02. The van der Waals surface area contributed by atoms with Crippen LogP contribution in [0.4, 0.5) is 10.5 Å². The number of carbonyl (C=O) groups is 2. The Morgan fingerprint density at radius 3 is 2.20 bits per heavy atom. The van der Waals surface area contributed by atoms with Gasteiger partial charge >= 0.3 is 6.16 Å². The number of nitrogens with one attached hydrogen (secondary N) is 1. The third-order valence-corrected chi connectivity index (χ3v) is 7.30. The van der Waals surface area contributed by atoms with Crippen molar-refractivity contribution < 1.29 is 42.6 Å². The highest BCUT2D eigenvalue weighted by Crippen LogP contribution is 2.46. The van der Waals surface area contributed by atoms with Crippen molar-refractivity contribution in [2.75, 3.05) is 21.3 Å². The van der Waals surface area contributed by atoms with E-state index < -0.39 is 11.1 Å². The van der Waals surface area contributed by atoms with Crippen LogP contribution in [-0.2, 0) is 11.3 Å². The zero-order valence-corrected chi connectivity index (χ0v) is 25.4. The highest BCUT2D eigenvalue weighted by atomic mass is 16.7. The van der Waals surface area contributed by atoms with Crippen molar-refractivity contribution >= 4 is 35.0 Å². The molecule has 46 heavy (non-hydrogen) atoms. The number of non-ortho nitro benzene ring substituents is 1. The number of nitro groups is 1. The maximum absolute atomic E-state index is 13.0. The number of hydrogen-bond acceptors (Lipinski definition) is 10. The number of carbonyl (C=O) groups excluding carboxylic acids is 2. The predicted octanol–water partition coefficient (Wildman–Crippen LogP) is 6.83. The maximum Gasteiger partial charge on any atom is 0.519 e. The van der Waals surface area contributed by atoms with E-state index in [1.807, 2.05) is 31.2 Å². The average Bonchev–Trinajstić information content (AvgIpc) is 3.67. The molecule has 12 nitrogen and oxygen atoms in total. The minimum absolute atomic E-state index is 0.0169. The topological polar surface area (TPSA) is 149 Å². The van der Waals surface area contributed by atoms with Crippen molar-refractivity contribution in [2.24, 2.45) is 0 Å². The van der Waals surface area contributed by atoms with Gasteiger partial charge in [0.25, 0.3) is 5.69 Å². The summed E-state index contributed by atoms with van der Waals surface area (Å²) in [6.45, 7) is 2.23. The summed E-state index contributed by atoms with van der Waals surface area (Å²) in [7, 11) is 4.42. The van der Waals surface area contributed by atoms with Crippen molar-refractivity contribution in [1.82, 2.24) is 5.32 Å². The van der Waals surface area contributed by atoms with Gasteiger partial charge in [-0.1, -0.05) is 6.07 Å². The van der Waals surface area contributed by atoms with E-state index in [2.05, 4.69) is 5.32 Å². The van der Waals surface area contributed by atoms with E-state index >= 15 is 0 Å². The van der Waals surface area contributed by atoms with Gasteiger partial charge in [-0.15, -0.1) is 0 Å². The average molecular weight is 627 g/mol. The van der Waals surface area contributed by atoms with Gasteiger partial charge in [0.1, 0.15) is 17.3 Å². The van der Waals surface area contributed by atoms with Crippen LogP contribution in [0.2, 0.25) is 0 Å². The molecule has 1 aromatic heterocycles. The fourth-order valence-corrected chi connectivity index (χ4v) is 5.02. The smallest absolute Gasteiger partial charge is 0.497 e. The van der Waals surface area contributed by atoms with Gasteiger partial charge in [0, 0.05) is 12.1 Å². The van der Waals surface area contributed by atoms with Crippen molar-refractivity contribution in [2.45, 2.75) is 19.9 Å². The standard InChI is InChI=1S/C34H30N2O10/c1-20-27(26-12-11-24(41-2)17-29(26)28(20)18-32(37)35-19-25-6-5-13-44-25)14-21-15-30(42-3)33(31(16-21)43-4)46-34(38)45-23-9-7-22(8-10-23)36(39)40/h5-17H,18-19H2,1-4H3,(H,35,37)/b27-14-. The Balaban J connectivity index is 1.43. The molecule has 236 valence electrons. The third kappa shape index (κ3) is 6.86. The van der Waals surface area contributed by atoms with Crippen LogP contribution in [0.25, 0.3) is 17.2 Å². The lowest BCUT2D eigenvalue weighted by molar-refractivity contribution is -0.384. The molecule has 3 aromatic carbocycles. The zero-order chi connectivity index (χ0) is 32.8. The first-order valence-electron chi connectivity index (χ1n) is 14.0. The highest BCUT2D eigenvalue weighted by molar-refractivity contribution is 6.08. The van der Waals surface area contributed by atoms with E-state index in [0.717, 1.165) is 27.8 Å². The molecule has 0 bridgehead atoms. The van der Waals surface area contributed by atoms with Crippen molar-refractivity contribution in [1.29, 1.82) is 0 Å². The van der Waals surface area contributed by atoms with Gasteiger partial charge in [-0.3, -0.25) is 14.9 Å².